The van der Waals surface area contributed by atoms with Crippen LogP contribution in [0.25, 0.3) is 0 Å². The van der Waals surface area contributed by atoms with E-state index in [1.165, 1.54) is 0 Å². The van der Waals surface area contributed by atoms with E-state index in [4.69, 9.17) is 0 Å². The smallest absolute Gasteiger partial charge is 0.0962 e. The summed E-state index contributed by atoms with van der Waals surface area (Å²) < 4.78 is 0. The van der Waals surface area contributed by atoms with Gasteiger partial charge in [-0.1, -0.05) is 0 Å². The van der Waals surface area contributed by atoms with Gasteiger partial charge in [0.1, 0.15) is 0 Å². The van der Waals surface area contributed by atoms with Crippen molar-refractivity contribution in [3.8, 4) is 0 Å². The fourth-order valence-electron chi connectivity index (χ4n) is 1.12. The van der Waals surface area contributed by atoms with Crippen LogP contribution in [-0.2, 0) is 0 Å². The van der Waals surface area contributed by atoms with Crippen LogP contribution in [0.15, 0.2) is 12.3 Å². The predicted octanol–water partition coefficient (Wildman–Crippen LogP) is 0.671. The monoisotopic (exact) mass is 150 g/mol. The van der Waals surface area contributed by atoms with Crippen LogP contribution < -0.4 is 16.0 Å². The Morgan fingerprint density at radius 1 is 1.55 bits per heavy atom. The van der Waals surface area contributed by atoms with Gasteiger partial charge in [-0.15, -0.1) is 5.53 Å². The van der Waals surface area contributed by atoms with Crippen LogP contribution in [0.1, 0.15) is 5.69 Å². The number of aryl methyl sites for hydroxylation is 1. The quantitative estimate of drug-likeness (QED) is 0.570. The summed E-state index contributed by atoms with van der Waals surface area (Å²) in [7, 11) is 1.94. The highest BCUT2D eigenvalue weighted by Crippen LogP contribution is 2.26. The summed E-state index contributed by atoms with van der Waals surface area (Å²) in [4.78, 5) is 4.18. The second-order valence-electron chi connectivity index (χ2n) is 2.64. The molecular weight excluding hydrogens is 140 g/mol. The molecule has 0 aromatic carbocycles. The van der Waals surface area contributed by atoms with Gasteiger partial charge in [0, 0.05) is 12.7 Å². The maximum atomic E-state index is 4.18. The van der Waals surface area contributed by atoms with Crippen LogP contribution >= 0.6 is 0 Å². The molecule has 0 radical (unpaired) electrons. The largest absolute Gasteiger partial charge is 0.302 e. The van der Waals surface area contributed by atoms with E-state index < -0.39 is 0 Å². The van der Waals surface area contributed by atoms with E-state index in [0.29, 0.717) is 0 Å². The minimum atomic E-state index is 1.02. The molecule has 1 aromatic heterocycles. The lowest BCUT2D eigenvalue weighted by Gasteiger charge is -2.08. The van der Waals surface area contributed by atoms with Gasteiger partial charge in [0.25, 0.3) is 0 Å². The molecule has 2 heterocycles. The first-order chi connectivity index (χ1) is 5.27. The third-order valence-corrected chi connectivity index (χ3v) is 1.74. The molecule has 2 N–H and O–H groups in total. The first kappa shape index (κ1) is 6.42. The van der Waals surface area contributed by atoms with E-state index in [9.17, 15) is 0 Å². The maximum absolute atomic E-state index is 4.18. The molecule has 2 rings (SSSR count). The van der Waals surface area contributed by atoms with Crippen molar-refractivity contribution in [1.82, 2.24) is 10.5 Å². The molecule has 4 nitrogen and oxygen atoms in total. The van der Waals surface area contributed by atoms with Crippen molar-refractivity contribution in [3.63, 3.8) is 0 Å². The Labute approximate surface area is 65.2 Å². The number of hydrogen-bond acceptors (Lipinski definition) is 4. The van der Waals surface area contributed by atoms with Crippen LogP contribution in [0.2, 0.25) is 0 Å². The third kappa shape index (κ3) is 0.914. The van der Waals surface area contributed by atoms with Gasteiger partial charge >= 0.3 is 0 Å². The second kappa shape index (κ2) is 2.10. The molecule has 0 aliphatic carbocycles. The number of rotatable bonds is 0. The van der Waals surface area contributed by atoms with Gasteiger partial charge < -0.3 is 5.43 Å². The third-order valence-electron chi connectivity index (χ3n) is 1.74. The molecular formula is C7H10N4. The van der Waals surface area contributed by atoms with Crippen LogP contribution in [0.5, 0.6) is 0 Å². The van der Waals surface area contributed by atoms with Crippen LogP contribution in [-0.4, -0.2) is 12.0 Å². The normalized spacial score (nSPS) is 14.5. The first-order valence-corrected chi connectivity index (χ1v) is 3.49. The number of nitrogens with zero attached hydrogens (tertiary/aromatic N) is 2. The van der Waals surface area contributed by atoms with Crippen LogP contribution in [0.4, 0.5) is 11.4 Å². The molecule has 1 aromatic rings. The van der Waals surface area contributed by atoms with E-state index in [1.807, 2.05) is 31.2 Å². The van der Waals surface area contributed by atoms with Crippen LogP contribution in [0, 0.1) is 6.92 Å². The summed E-state index contributed by atoms with van der Waals surface area (Å²) in [6.45, 7) is 1.97. The standard InChI is InChI=1S/C7H10N4/c1-5-3-6-7(4-8-5)11(2)10-9-6/h3-4,9-10H,1-2H3. The van der Waals surface area contributed by atoms with Gasteiger partial charge in [0.2, 0.25) is 0 Å². The molecule has 1 aliphatic rings. The molecule has 0 bridgehead atoms. The molecule has 4 heteroatoms. The summed E-state index contributed by atoms with van der Waals surface area (Å²) in [6.07, 6.45) is 1.84. The summed E-state index contributed by atoms with van der Waals surface area (Å²) in [6, 6.07) is 2.01. The maximum Gasteiger partial charge on any atom is 0.0962 e. The van der Waals surface area contributed by atoms with E-state index in [-0.39, 0.29) is 0 Å². The molecule has 1 aliphatic heterocycles. The Balaban J connectivity index is 2.50. The zero-order chi connectivity index (χ0) is 7.84. The van der Waals surface area contributed by atoms with Crippen molar-refractivity contribution < 1.29 is 0 Å². The average Bonchev–Trinajstić information content (AvgIpc) is 2.32. The number of hydrazine groups is 2. The molecule has 0 spiro atoms. The average molecular weight is 150 g/mol. The number of aromatic nitrogens is 1. The lowest BCUT2D eigenvalue weighted by molar-refractivity contribution is 0.819. The molecule has 0 amide bonds. The minimum absolute atomic E-state index is 1.02. The van der Waals surface area contributed by atoms with Gasteiger partial charge in [0.05, 0.1) is 17.6 Å². The van der Waals surface area contributed by atoms with Crippen molar-refractivity contribution in [2.45, 2.75) is 6.92 Å². The summed E-state index contributed by atoms with van der Waals surface area (Å²) in [5.41, 5.74) is 9.17. The number of pyridine rings is 1. The highest BCUT2D eigenvalue weighted by Gasteiger charge is 2.13. The van der Waals surface area contributed by atoms with Gasteiger partial charge in [-0.2, -0.15) is 0 Å². The Bertz CT molecular complexity index is 284. The fourth-order valence-corrected chi connectivity index (χ4v) is 1.12. The van der Waals surface area contributed by atoms with Crippen molar-refractivity contribution in [2.75, 3.05) is 17.5 Å². The van der Waals surface area contributed by atoms with Crippen molar-refractivity contribution in [3.05, 3.63) is 18.0 Å². The number of fused-ring (bicyclic) bond motifs is 1. The van der Waals surface area contributed by atoms with E-state index >= 15 is 0 Å². The molecule has 11 heavy (non-hydrogen) atoms. The number of anilines is 2. The first-order valence-electron chi connectivity index (χ1n) is 3.49. The highest BCUT2D eigenvalue weighted by atomic mass is 15.7. The lowest BCUT2D eigenvalue weighted by Crippen LogP contribution is -2.31. The minimum Gasteiger partial charge on any atom is -0.302 e. The topological polar surface area (TPSA) is 40.2 Å². The van der Waals surface area contributed by atoms with E-state index in [1.54, 1.807) is 0 Å². The molecule has 58 valence electrons. The van der Waals surface area contributed by atoms with Crippen molar-refractivity contribution in [2.24, 2.45) is 0 Å². The zero-order valence-electron chi connectivity index (χ0n) is 6.55. The van der Waals surface area contributed by atoms with Gasteiger partial charge in [0.15, 0.2) is 0 Å². The molecule has 0 fully saturated rings. The van der Waals surface area contributed by atoms with Crippen molar-refractivity contribution in [1.29, 1.82) is 0 Å². The zero-order valence-corrected chi connectivity index (χ0v) is 6.55. The predicted molar refractivity (Wildman–Crippen MR) is 44.1 cm³/mol. The van der Waals surface area contributed by atoms with E-state index in [0.717, 1.165) is 17.1 Å². The van der Waals surface area contributed by atoms with E-state index in [2.05, 4.69) is 15.9 Å². The lowest BCUT2D eigenvalue weighted by atomic mass is 10.3. The molecule has 0 unspecified atom stereocenters. The number of hydrogen-bond donors (Lipinski definition) is 2. The van der Waals surface area contributed by atoms with Crippen LogP contribution in [0.3, 0.4) is 0 Å². The Hall–Kier alpha value is -1.29. The Morgan fingerprint density at radius 2 is 2.36 bits per heavy atom. The Morgan fingerprint density at radius 3 is 3.18 bits per heavy atom. The summed E-state index contributed by atoms with van der Waals surface area (Å²) >= 11 is 0. The van der Waals surface area contributed by atoms with Gasteiger partial charge in [-0.25, -0.2) is 0 Å². The number of nitrogens with one attached hydrogen (secondary N) is 2. The summed E-state index contributed by atoms with van der Waals surface area (Å²) in [5.74, 6) is 0. The van der Waals surface area contributed by atoms with Crippen molar-refractivity contribution >= 4 is 11.4 Å². The molecule has 0 atom stereocenters. The second-order valence-corrected chi connectivity index (χ2v) is 2.64. The molecule has 0 saturated carbocycles. The summed E-state index contributed by atoms with van der Waals surface area (Å²) in [5, 5.41) is 1.89. The SMILES string of the molecule is Cc1cc2c(cn1)N(C)NN2. The highest BCUT2D eigenvalue weighted by molar-refractivity contribution is 5.71. The van der Waals surface area contributed by atoms with Gasteiger partial charge in [-0.3, -0.25) is 9.99 Å². The fraction of sp³-hybridized carbons (Fsp3) is 0.286. The molecule has 0 saturated heterocycles. The Kier molecular flexibility index (Phi) is 1.22. The van der Waals surface area contributed by atoms with Gasteiger partial charge in [-0.05, 0) is 13.0 Å².